The lowest BCUT2D eigenvalue weighted by Crippen LogP contribution is -2.48. The summed E-state index contributed by atoms with van der Waals surface area (Å²) in [5, 5.41) is 0. The zero-order valence-electron chi connectivity index (χ0n) is 14.8. The number of hydrogen-bond acceptors (Lipinski definition) is 3. The third kappa shape index (κ3) is 11.2. The first-order valence-electron chi connectivity index (χ1n) is 7.40. The van der Waals surface area contributed by atoms with E-state index in [1.54, 1.807) is 0 Å². The Balaban J connectivity index is 4.54. The molecule has 0 N–H and O–H groups in total. The lowest BCUT2D eigenvalue weighted by molar-refractivity contribution is -0.872. The van der Waals surface area contributed by atoms with Crippen molar-refractivity contribution in [2.45, 2.75) is 12.8 Å². The van der Waals surface area contributed by atoms with Crippen molar-refractivity contribution in [1.29, 1.82) is 0 Å². The maximum atomic E-state index is 12.3. The van der Waals surface area contributed by atoms with Crippen LogP contribution in [0, 0.1) is 0 Å². The van der Waals surface area contributed by atoms with E-state index >= 15 is 0 Å². The summed E-state index contributed by atoms with van der Waals surface area (Å²) in [5.41, 5.74) is 0. The second kappa shape index (κ2) is 8.34. The molecule has 0 aliphatic heterocycles. The normalized spacial score (nSPS) is 12.1. The van der Waals surface area contributed by atoms with Crippen LogP contribution in [0.15, 0.2) is 0 Å². The van der Waals surface area contributed by atoms with Gasteiger partial charge >= 0.3 is 5.97 Å². The number of likely N-dealkylation sites (N-methyl/N-ethyl adjacent to an activating group) is 2. The lowest BCUT2D eigenvalue weighted by atomic mass is 10.2. The minimum Gasteiger partial charge on any atom is -0.469 e. The summed E-state index contributed by atoms with van der Waals surface area (Å²) in [6, 6.07) is 0. The monoisotopic (exact) mass is 303 g/mol. The zero-order chi connectivity index (χ0) is 16.7. The Hall–Kier alpha value is -1.14. The maximum Gasteiger partial charge on any atom is 0.306 e. The third-order valence-corrected chi connectivity index (χ3v) is 3.20. The fourth-order valence-electron chi connectivity index (χ4n) is 1.67. The van der Waals surface area contributed by atoms with Gasteiger partial charge in [0.2, 0.25) is 5.91 Å². The van der Waals surface area contributed by atoms with Crippen molar-refractivity contribution in [3.8, 4) is 0 Å². The van der Waals surface area contributed by atoms with E-state index in [4.69, 9.17) is 0 Å². The number of nitrogens with zero attached hydrogens (tertiary/aromatic N) is 3. The molecule has 0 atom stereocenters. The van der Waals surface area contributed by atoms with Gasteiger partial charge in [0.25, 0.3) is 0 Å². The van der Waals surface area contributed by atoms with E-state index in [0.717, 1.165) is 22.1 Å². The van der Waals surface area contributed by atoms with Crippen LogP contribution < -0.4 is 0 Å². The summed E-state index contributed by atoms with van der Waals surface area (Å²) < 4.78 is 6.21. The van der Waals surface area contributed by atoms with Crippen LogP contribution in [0.2, 0.25) is 0 Å². The van der Waals surface area contributed by atoms with Crippen molar-refractivity contribution < 1.29 is 23.3 Å². The minimum atomic E-state index is -0.332. The summed E-state index contributed by atoms with van der Waals surface area (Å²) >= 11 is 0. The van der Waals surface area contributed by atoms with Gasteiger partial charge in [-0.05, 0) is 0 Å². The van der Waals surface area contributed by atoms with Crippen molar-refractivity contribution >= 4 is 11.9 Å². The molecular weight excluding hydrogens is 270 g/mol. The molecule has 0 aliphatic carbocycles. The molecule has 1 amide bonds. The summed E-state index contributed by atoms with van der Waals surface area (Å²) in [6.07, 6.45) is 0.377. The van der Waals surface area contributed by atoms with Gasteiger partial charge in [-0.1, -0.05) is 0 Å². The number of ether oxygens (including phenoxy) is 1. The fraction of sp³-hybridized carbons (Fsp3) is 0.867. The number of carbonyl (C=O) groups is 2. The molecule has 0 saturated carbocycles. The van der Waals surface area contributed by atoms with E-state index in [-0.39, 0.29) is 24.7 Å². The number of hydrogen-bond donors (Lipinski definition) is 0. The highest BCUT2D eigenvalue weighted by Gasteiger charge is 2.20. The SMILES string of the molecule is COC(=O)CCC(=O)N(CC[N+](C)(C)C)CC[N+](C)(C)C. The number of quaternary nitrogens is 2. The first-order valence-corrected chi connectivity index (χ1v) is 7.40. The van der Waals surface area contributed by atoms with E-state index in [1.165, 1.54) is 7.11 Å². The molecule has 0 unspecified atom stereocenters. The molecule has 0 bridgehead atoms. The quantitative estimate of drug-likeness (QED) is 0.451. The van der Waals surface area contributed by atoms with E-state index < -0.39 is 0 Å². The highest BCUT2D eigenvalue weighted by molar-refractivity contribution is 5.81. The van der Waals surface area contributed by atoms with Crippen molar-refractivity contribution in [2.75, 3.05) is 75.6 Å². The molecule has 0 aliphatic rings. The average Bonchev–Trinajstić information content (AvgIpc) is 2.32. The Kier molecular flexibility index (Phi) is 7.89. The predicted molar refractivity (Wildman–Crippen MR) is 83.6 cm³/mol. The summed E-state index contributed by atoms with van der Waals surface area (Å²) in [6.45, 7) is 3.20. The lowest BCUT2D eigenvalue weighted by Gasteiger charge is -2.31. The fourth-order valence-corrected chi connectivity index (χ4v) is 1.67. The summed E-state index contributed by atoms with van der Waals surface area (Å²) in [4.78, 5) is 25.3. The molecule has 21 heavy (non-hydrogen) atoms. The van der Waals surface area contributed by atoms with Crippen LogP contribution in [-0.2, 0) is 14.3 Å². The van der Waals surface area contributed by atoms with Gasteiger partial charge in [0.15, 0.2) is 0 Å². The van der Waals surface area contributed by atoms with Crippen LogP contribution in [-0.4, -0.2) is 101 Å². The van der Waals surface area contributed by atoms with Gasteiger partial charge in [-0.2, -0.15) is 0 Å². The molecule has 0 spiro atoms. The van der Waals surface area contributed by atoms with Gasteiger partial charge in [-0.15, -0.1) is 0 Å². The molecule has 0 aromatic rings. The molecule has 0 rings (SSSR count). The molecule has 0 heterocycles. The molecule has 0 fully saturated rings. The first-order chi connectivity index (χ1) is 9.44. The highest BCUT2D eigenvalue weighted by atomic mass is 16.5. The Bertz CT molecular complexity index is 325. The van der Waals surface area contributed by atoms with Crippen molar-refractivity contribution in [1.82, 2.24) is 4.90 Å². The Morgan fingerprint density at radius 2 is 1.29 bits per heavy atom. The molecule has 0 radical (unpaired) electrons. The molecule has 124 valence electrons. The molecule has 0 saturated heterocycles. The number of amides is 1. The number of rotatable bonds is 9. The topological polar surface area (TPSA) is 46.6 Å². The Morgan fingerprint density at radius 3 is 1.62 bits per heavy atom. The van der Waals surface area contributed by atoms with Gasteiger partial charge in [0.05, 0.1) is 82.0 Å². The zero-order valence-corrected chi connectivity index (χ0v) is 14.8. The minimum absolute atomic E-state index is 0.0299. The van der Waals surface area contributed by atoms with Gasteiger partial charge in [-0.3, -0.25) is 9.59 Å². The van der Waals surface area contributed by atoms with Crippen LogP contribution in [0.5, 0.6) is 0 Å². The average molecular weight is 303 g/mol. The predicted octanol–water partition coefficient (Wildman–Crippen LogP) is 0.181. The van der Waals surface area contributed by atoms with Crippen LogP contribution in [0.25, 0.3) is 0 Å². The van der Waals surface area contributed by atoms with Gasteiger partial charge in [0.1, 0.15) is 0 Å². The smallest absolute Gasteiger partial charge is 0.306 e. The highest BCUT2D eigenvalue weighted by Crippen LogP contribution is 2.03. The van der Waals surface area contributed by atoms with Gasteiger partial charge < -0.3 is 18.6 Å². The van der Waals surface area contributed by atoms with E-state index in [1.807, 2.05) is 4.90 Å². The number of esters is 1. The maximum absolute atomic E-state index is 12.3. The molecule has 6 heteroatoms. The first kappa shape index (κ1) is 19.9. The molecular formula is C15H33N3O3+2. The Morgan fingerprint density at radius 1 is 0.857 bits per heavy atom. The van der Waals surface area contributed by atoms with Crippen LogP contribution >= 0.6 is 0 Å². The third-order valence-electron chi connectivity index (χ3n) is 3.20. The van der Waals surface area contributed by atoms with Crippen LogP contribution in [0.4, 0.5) is 0 Å². The largest absolute Gasteiger partial charge is 0.469 e. The second-order valence-electron chi connectivity index (χ2n) is 7.48. The van der Waals surface area contributed by atoms with Crippen molar-refractivity contribution in [3.63, 3.8) is 0 Å². The standard InChI is InChI=1S/C15H33N3O3/c1-17(2,3)12-10-16(11-13-18(4,5)6)14(19)8-9-15(20)21-7/h8-13H2,1-7H3/q+2. The number of methoxy groups -OCH3 is 1. The summed E-state index contributed by atoms with van der Waals surface area (Å²) in [5.74, 6) is -0.302. The van der Waals surface area contributed by atoms with E-state index in [0.29, 0.717) is 13.1 Å². The van der Waals surface area contributed by atoms with Gasteiger partial charge in [-0.25, -0.2) is 0 Å². The molecule has 0 aromatic heterocycles. The van der Waals surface area contributed by atoms with E-state index in [2.05, 4.69) is 47.0 Å². The number of carbonyl (C=O) groups excluding carboxylic acids is 2. The summed E-state index contributed by atoms with van der Waals surface area (Å²) in [7, 11) is 14.0. The van der Waals surface area contributed by atoms with Crippen LogP contribution in [0.1, 0.15) is 12.8 Å². The van der Waals surface area contributed by atoms with Crippen molar-refractivity contribution in [2.24, 2.45) is 0 Å². The molecule has 0 aromatic carbocycles. The van der Waals surface area contributed by atoms with Crippen molar-refractivity contribution in [3.05, 3.63) is 0 Å². The Labute approximate surface area is 129 Å². The van der Waals surface area contributed by atoms with Crippen LogP contribution in [0.3, 0.4) is 0 Å². The van der Waals surface area contributed by atoms with Gasteiger partial charge in [0, 0.05) is 6.42 Å². The van der Waals surface area contributed by atoms with E-state index in [9.17, 15) is 9.59 Å². The molecule has 6 nitrogen and oxygen atoms in total. The second-order valence-corrected chi connectivity index (χ2v) is 7.48.